The molecule has 0 heterocycles. The summed E-state index contributed by atoms with van der Waals surface area (Å²) in [6.45, 7) is 6.73. The van der Waals surface area contributed by atoms with Crippen LogP contribution in [0, 0.1) is 0 Å². The van der Waals surface area contributed by atoms with E-state index in [0.29, 0.717) is 19.3 Å². The van der Waals surface area contributed by atoms with Gasteiger partial charge in [-0.2, -0.15) is 0 Å². The van der Waals surface area contributed by atoms with Gasteiger partial charge in [0.15, 0.2) is 6.10 Å². The van der Waals surface area contributed by atoms with E-state index in [-0.39, 0.29) is 31.1 Å². The summed E-state index contributed by atoms with van der Waals surface area (Å²) < 4.78 is 17.0. The maximum Gasteiger partial charge on any atom is 0.306 e. The standard InChI is InChI=1S/C76H146O6/c1-4-7-10-13-16-19-22-25-28-30-32-33-34-35-36-37-38-39-40-41-42-43-44-46-48-51-54-57-60-63-66-69-75(78)81-72-73(71-80-74(77)68-65-62-59-56-53-50-47-27-24-21-18-15-12-9-6-3)82-76(79)70-67-64-61-58-55-52-49-45-31-29-26-23-20-17-14-11-8-5-2/h27,47,73H,4-26,28-46,48-72H2,1-3H3/b47-27-. The largest absolute Gasteiger partial charge is 0.462 e. The molecule has 0 fully saturated rings. The predicted molar refractivity (Wildman–Crippen MR) is 358 cm³/mol. The monoisotopic (exact) mass is 1160 g/mol. The first-order chi connectivity index (χ1) is 40.5. The van der Waals surface area contributed by atoms with Crippen LogP contribution in [0.1, 0.15) is 438 Å². The third-order valence-corrected chi connectivity index (χ3v) is 17.5. The number of esters is 3. The Morgan fingerprint density at radius 3 is 0.610 bits per heavy atom. The van der Waals surface area contributed by atoms with E-state index in [1.165, 1.54) is 334 Å². The third kappa shape index (κ3) is 68.9. The second kappa shape index (κ2) is 71.6. The van der Waals surface area contributed by atoms with E-state index in [4.69, 9.17) is 14.2 Å². The Hall–Kier alpha value is -1.85. The fourth-order valence-electron chi connectivity index (χ4n) is 11.9. The zero-order valence-electron chi connectivity index (χ0n) is 56.1. The summed E-state index contributed by atoms with van der Waals surface area (Å²) in [7, 11) is 0. The van der Waals surface area contributed by atoms with Crippen LogP contribution >= 0.6 is 0 Å². The quantitative estimate of drug-likeness (QED) is 0.0261. The molecule has 0 bridgehead atoms. The van der Waals surface area contributed by atoms with Crippen LogP contribution in [0.2, 0.25) is 0 Å². The smallest absolute Gasteiger partial charge is 0.306 e. The van der Waals surface area contributed by atoms with Gasteiger partial charge in [-0.05, 0) is 44.9 Å². The number of unbranched alkanes of at least 4 members (excludes halogenated alkanes) is 58. The fourth-order valence-corrected chi connectivity index (χ4v) is 11.9. The molecule has 1 unspecified atom stereocenters. The molecular weight excluding hydrogens is 1010 g/mol. The van der Waals surface area contributed by atoms with Crippen molar-refractivity contribution in [1.82, 2.24) is 0 Å². The molecule has 6 heteroatoms. The average molecular weight is 1160 g/mol. The highest BCUT2D eigenvalue weighted by atomic mass is 16.6. The number of rotatable bonds is 71. The van der Waals surface area contributed by atoms with Crippen LogP contribution < -0.4 is 0 Å². The maximum atomic E-state index is 13.0. The van der Waals surface area contributed by atoms with Crippen molar-refractivity contribution < 1.29 is 28.6 Å². The predicted octanol–water partition coefficient (Wildman–Crippen LogP) is 26.0. The first-order valence-electron chi connectivity index (χ1n) is 37.7. The molecule has 0 radical (unpaired) electrons. The molecule has 0 amide bonds. The lowest BCUT2D eigenvalue weighted by atomic mass is 10.0. The van der Waals surface area contributed by atoms with E-state index < -0.39 is 6.10 Å². The molecule has 0 aromatic carbocycles. The summed E-state index contributed by atoms with van der Waals surface area (Å²) in [5, 5.41) is 0. The maximum absolute atomic E-state index is 13.0. The molecule has 0 aliphatic carbocycles. The van der Waals surface area contributed by atoms with Crippen molar-refractivity contribution in [2.75, 3.05) is 13.2 Å². The highest BCUT2D eigenvalue weighted by molar-refractivity contribution is 5.71. The van der Waals surface area contributed by atoms with Gasteiger partial charge in [0.05, 0.1) is 0 Å². The minimum atomic E-state index is -0.770. The van der Waals surface area contributed by atoms with Gasteiger partial charge >= 0.3 is 17.9 Å². The van der Waals surface area contributed by atoms with E-state index in [2.05, 4.69) is 32.9 Å². The molecule has 0 aromatic heterocycles. The molecule has 0 aliphatic heterocycles. The minimum absolute atomic E-state index is 0.0655. The second-order valence-electron chi connectivity index (χ2n) is 25.9. The summed E-state index contributed by atoms with van der Waals surface area (Å²) in [6, 6.07) is 0. The van der Waals surface area contributed by atoms with Crippen LogP contribution in [0.15, 0.2) is 12.2 Å². The molecule has 6 nitrogen and oxygen atoms in total. The zero-order valence-corrected chi connectivity index (χ0v) is 56.1. The molecule has 486 valence electrons. The topological polar surface area (TPSA) is 78.9 Å². The van der Waals surface area contributed by atoms with Gasteiger partial charge in [0.1, 0.15) is 13.2 Å². The Balaban J connectivity index is 4.14. The summed E-state index contributed by atoms with van der Waals surface area (Å²) in [5.41, 5.74) is 0. The van der Waals surface area contributed by atoms with Crippen molar-refractivity contribution in [2.24, 2.45) is 0 Å². The molecule has 0 N–H and O–H groups in total. The van der Waals surface area contributed by atoms with E-state index >= 15 is 0 Å². The highest BCUT2D eigenvalue weighted by Gasteiger charge is 2.20. The van der Waals surface area contributed by atoms with Crippen LogP contribution in [-0.2, 0) is 28.6 Å². The first kappa shape index (κ1) is 80.2. The van der Waals surface area contributed by atoms with Crippen LogP contribution in [0.25, 0.3) is 0 Å². The van der Waals surface area contributed by atoms with Crippen molar-refractivity contribution in [2.45, 2.75) is 444 Å². The average Bonchev–Trinajstić information content (AvgIpc) is 3.47. The van der Waals surface area contributed by atoms with Crippen LogP contribution in [0.4, 0.5) is 0 Å². The molecule has 0 aliphatic rings. The summed E-state index contributed by atoms with van der Waals surface area (Å²) >= 11 is 0. The summed E-state index contributed by atoms with van der Waals surface area (Å²) in [5.74, 6) is -0.837. The van der Waals surface area contributed by atoms with Gasteiger partial charge in [0.2, 0.25) is 0 Å². The normalized spacial score (nSPS) is 12.0. The molecular formula is C76H146O6. The van der Waals surface area contributed by atoms with Gasteiger partial charge in [-0.3, -0.25) is 14.4 Å². The lowest BCUT2D eigenvalue weighted by molar-refractivity contribution is -0.167. The molecule has 1 atom stereocenters. The van der Waals surface area contributed by atoms with E-state index in [0.717, 1.165) is 64.2 Å². The Morgan fingerprint density at radius 2 is 0.402 bits per heavy atom. The first-order valence-corrected chi connectivity index (χ1v) is 37.7. The Bertz CT molecular complexity index is 1280. The summed E-state index contributed by atoms with van der Waals surface area (Å²) in [4.78, 5) is 38.5. The van der Waals surface area contributed by atoms with Gasteiger partial charge in [0.25, 0.3) is 0 Å². The Kier molecular flexibility index (Phi) is 70.0. The van der Waals surface area contributed by atoms with Crippen LogP contribution in [0.3, 0.4) is 0 Å². The number of hydrogen-bond acceptors (Lipinski definition) is 6. The van der Waals surface area contributed by atoms with Crippen molar-refractivity contribution in [3.8, 4) is 0 Å². The van der Waals surface area contributed by atoms with E-state index in [1.807, 2.05) is 0 Å². The summed E-state index contributed by atoms with van der Waals surface area (Å²) in [6.07, 6.45) is 87.0. The fraction of sp³-hybridized carbons (Fsp3) is 0.934. The Morgan fingerprint density at radius 1 is 0.232 bits per heavy atom. The van der Waals surface area contributed by atoms with Gasteiger partial charge in [0, 0.05) is 19.3 Å². The molecule has 0 aromatic rings. The van der Waals surface area contributed by atoms with Crippen molar-refractivity contribution in [1.29, 1.82) is 0 Å². The lowest BCUT2D eigenvalue weighted by Crippen LogP contribution is -2.30. The van der Waals surface area contributed by atoms with Gasteiger partial charge in [-0.1, -0.05) is 386 Å². The molecule has 0 saturated heterocycles. The second-order valence-corrected chi connectivity index (χ2v) is 25.9. The van der Waals surface area contributed by atoms with Crippen LogP contribution in [0.5, 0.6) is 0 Å². The number of ether oxygens (including phenoxy) is 3. The van der Waals surface area contributed by atoms with E-state index in [9.17, 15) is 14.4 Å². The van der Waals surface area contributed by atoms with Crippen molar-refractivity contribution in [3.05, 3.63) is 12.2 Å². The molecule has 82 heavy (non-hydrogen) atoms. The van der Waals surface area contributed by atoms with Crippen LogP contribution in [-0.4, -0.2) is 37.2 Å². The number of carbonyl (C=O) groups excluding carboxylic acids is 3. The lowest BCUT2D eigenvalue weighted by Gasteiger charge is -2.18. The minimum Gasteiger partial charge on any atom is -0.462 e. The molecule has 0 rings (SSSR count). The van der Waals surface area contributed by atoms with Gasteiger partial charge < -0.3 is 14.2 Å². The van der Waals surface area contributed by atoms with Crippen molar-refractivity contribution in [3.63, 3.8) is 0 Å². The highest BCUT2D eigenvalue weighted by Crippen LogP contribution is 2.20. The SMILES string of the molecule is CCCCCCCC/C=C\CCCCCCCC(=O)OCC(COC(=O)CCCCCCCCCCCCCCCCCCCCCCCCCCCCCCCCC)OC(=O)CCCCCCCCCCCCCCCCCCCC. The third-order valence-electron chi connectivity index (χ3n) is 17.5. The van der Waals surface area contributed by atoms with Crippen molar-refractivity contribution >= 4 is 17.9 Å². The number of allylic oxidation sites excluding steroid dienone is 2. The zero-order chi connectivity index (χ0) is 59.2. The van der Waals surface area contributed by atoms with Gasteiger partial charge in [-0.25, -0.2) is 0 Å². The van der Waals surface area contributed by atoms with Gasteiger partial charge in [-0.15, -0.1) is 0 Å². The number of hydrogen-bond donors (Lipinski definition) is 0. The molecule has 0 spiro atoms. The Labute approximate surface area is 513 Å². The van der Waals surface area contributed by atoms with E-state index in [1.54, 1.807) is 0 Å². The molecule has 0 saturated carbocycles. The number of carbonyl (C=O) groups is 3.